The minimum absolute atomic E-state index is 0.0543. The van der Waals surface area contributed by atoms with E-state index in [2.05, 4.69) is 39.5 Å². The third-order valence-electron chi connectivity index (χ3n) is 7.59. The predicted molar refractivity (Wildman–Crippen MR) is 150 cm³/mol. The summed E-state index contributed by atoms with van der Waals surface area (Å²) >= 11 is 0. The van der Waals surface area contributed by atoms with Crippen molar-refractivity contribution in [2.45, 2.75) is 30.8 Å². The Morgan fingerprint density at radius 2 is 1.50 bits per heavy atom. The van der Waals surface area contributed by atoms with Crippen molar-refractivity contribution in [1.29, 1.82) is 0 Å². The minimum atomic E-state index is -1.36. The Morgan fingerprint density at radius 1 is 0.900 bits per heavy atom. The first kappa shape index (κ1) is 27.0. The number of ether oxygens (including phenoxy) is 1. The lowest BCUT2D eigenvalue weighted by molar-refractivity contribution is -0.149. The molecule has 5 rings (SSSR count). The maximum atomic E-state index is 12.5. The number of hydrogen-bond acceptors (Lipinski definition) is 5. The molecule has 1 heterocycles. The highest BCUT2D eigenvalue weighted by atomic mass is 16.5. The molecule has 8 nitrogen and oxygen atoms in total. The normalized spacial score (nSPS) is 15.6. The maximum Gasteiger partial charge on any atom is 0.407 e. The molecule has 1 aliphatic heterocycles. The summed E-state index contributed by atoms with van der Waals surface area (Å²) in [5.41, 5.74) is 4.32. The summed E-state index contributed by atoms with van der Waals surface area (Å²) in [5, 5.41) is 15.0. The van der Waals surface area contributed by atoms with Gasteiger partial charge >= 0.3 is 12.1 Å². The van der Waals surface area contributed by atoms with Crippen molar-refractivity contribution in [2.75, 3.05) is 26.2 Å². The van der Waals surface area contributed by atoms with E-state index in [1.807, 2.05) is 66.7 Å². The van der Waals surface area contributed by atoms with Crippen molar-refractivity contribution < 1.29 is 24.2 Å². The van der Waals surface area contributed by atoms with Gasteiger partial charge in [-0.15, -0.1) is 0 Å². The van der Waals surface area contributed by atoms with E-state index in [1.54, 1.807) is 0 Å². The molecule has 0 spiro atoms. The molecule has 0 aromatic heterocycles. The van der Waals surface area contributed by atoms with Gasteiger partial charge in [-0.2, -0.15) is 0 Å². The van der Waals surface area contributed by atoms with Crippen LogP contribution in [-0.2, 0) is 20.9 Å². The van der Waals surface area contributed by atoms with Gasteiger partial charge < -0.3 is 20.5 Å². The molecular formula is C32H31N3O5. The van der Waals surface area contributed by atoms with Gasteiger partial charge in [0.1, 0.15) is 12.1 Å². The van der Waals surface area contributed by atoms with E-state index in [0.29, 0.717) is 13.1 Å². The summed E-state index contributed by atoms with van der Waals surface area (Å²) in [6.45, 7) is 1.88. The minimum Gasteiger partial charge on any atom is -0.480 e. The number of aliphatic carboxylic acids is 1. The monoisotopic (exact) mass is 537 g/mol. The van der Waals surface area contributed by atoms with Crippen molar-refractivity contribution in [3.8, 4) is 23.0 Å². The highest BCUT2D eigenvalue weighted by Crippen LogP contribution is 2.44. The van der Waals surface area contributed by atoms with Crippen LogP contribution in [0.5, 0.6) is 0 Å². The highest BCUT2D eigenvalue weighted by Gasteiger charge is 2.42. The molecule has 0 radical (unpaired) electrons. The van der Waals surface area contributed by atoms with Crippen LogP contribution in [0.1, 0.15) is 35.4 Å². The van der Waals surface area contributed by atoms with Crippen molar-refractivity contribution >= 4 is 18.0 Å². The van der Waals surface area contributed by atoms with Crippen molar-refractivity contribution in [3.63, 3.8) is 0 Å². The summed E-state index contributed by atoms with van der Waals surface area (Å²) in [6.07, 6.45) is -0.0781. The third kappa shape index (κ3) is 6.00. The summed E-state index contributed by atoms with van der Waals surface area (Å²) in [5.74, 6) is 3.17. The highest BCUT2D eigenvalue weighted by molar-refractivity contribution is 5.97. The van der Waals surface area contributed by atoms with Gasteiger partial charge in [0.25, 0.3) is 5.91 Å². The van der Waals surface area contributed by atoms with Crippen LogP contribution in [-0.4, -0.2) is 59.8 Å². The Morgan fingerprint density at radius 3 is 2.12 bits per heavy atom. The van der Waals surface area contributed by atoms with Crippen LogP contribution in [0.25, 0.3) is 11.1 Å². The van der Waals surface area contributed by atoms with Crippen LogP contribution < -0.4 is 10.6 Å². The predicted octanol–water partition coefficient (Wildman–Crippen LogP) is 3.76. The molecule has 204 valence electrons. The second-order valence-corrected chi connectivity index (χ2v) is 10.1. The quantitative estimate of drug-likeness (QED) is 0.396. The molecule has 1 aliphatic carbocycles. The van der Waals surface area contributed by atoms with E-state index < -0.39 is 23.5 Å². The number of fused-ring (bicyclic) bond motifs is 3. The molecule has 8 heteroatoms. The Balaban J connectivity index is 1.08. The van der Waals surface area contributed by atoms with Gasteiger partial charge in [0.05, 0.1) is 6.54 Å². The van der Waals surface area contributed by atoms with E-state index in [1.165, 1.54) is 0 Å². The van der Waals surface area contributed by atoms with Crippen LogP contribution >= 0.6 is 0 Å². The van der Waals surface area contributed by atoms with E-state index >= 15 is 0 Å². The summed E-state index contributed by atoms with van der Waals surface area (Å²) in [7, 11) is 0. The number of nitrogens with zero attached hydrogens (tertiary/aromatic N) is 1. The van der Waals surface area contributed by atoms with Gasteiger partial charge in [-0.25, -0.2) is 9.59 Å². The number of carbonyl (C=O) groups excluding carboxylic acids is 2. The van der Waals surface area contributed by atoms with Crippen LogP contribution in [0.4, 0.5) is 4.79 Å². The number of benzene rings is 3. The summed E-state index contributed by atoms with van der Waals surface area (Å²) < 4.78 is 5.47. The number of amides is 2. The second-order valence-electron chi connectivity index (χ2n) is 10.1. The third-order valence-corrected chi connectivity index (χ3v) is 7.59. The number of piperidine rings is 1. The number of likely N-dealkylation sites (tertiary alicyclic amines) is 1. The van der Waals surface area contributed by atoms with Crippen molar-refractivity contribution in [3.05, 3.63) is 95.6 Å². The zero-order chi connectivity index (χ0) is 28.0. The van der Waals surface area contributed by atoms with Gasteiger partial charge in [0.2, 0.25) is 0 Å². The van der Waals surface area contributed by atoms with E-state index in [9.17, 15) is 19.5 Å². The van der Waals surface area contributed by atoms with Gasteiger partial charge in [-0.1, -0.05) is 84.8 Å². The first-order valence-corrected chi connectivity index (χ1v) is 13.3. The lowest BCUT2D eigenvalue weighted by Gasteiger charge is -2.38. The molecule has 2 amide bonds. The molecule has 40 heavy (non-hydrogen) atoms. The standard InChI is InChI=1S/C32H31N3O5/c36-29(34-32(30(37)38)16-19-35(20-17-32)21-23-9-2-1-3-10-23)15-8-18-33-31(39)40-22-28-26-13-6-4-11-24(26)25-12-5-7-14-27(25)28/h1-7,9-14,28H,16-22H2,(H,33,39)(H,34,36)(H,37,38). The van der Waals surface area contributed by atoms with Gasteiger partial charge in [0, 0.05) is 25.6 Å². The topological polar surface area (TPSA) is 108 Å². The van der Waals surface area contributed by atoms with Crippen LogP contribution in [0.2, 0.25) is 0 Å². The molecule has 3 aromatic carbocycles. The molecule has 1 saturated heterocycles. The average Bonchev–Trinajstić information content (AvgIpc) is 3.29. The number of hydrogen-bond donors (Lipinski definition) is 3. The number of carboxylic acid groups (broad SMARTS) is 1. The number of carboxylic acids is 1. The fourth-order valence-electron chi connectivity index (χ4n) is 5.47. The molecule has 1 fully saturated rings. The maximum absolute atomic E-state index is 12.5. The van der Waals surface area contributed by atoms with E-state index in [4.69, 9.17) is 4.74 Å². The number of carbonyl (C=O) groups is 3. The smallest absolute Gasteiger partial charge is 0.407 e. The SMILES string of the molecule is O=C(C#CCNC(=O)OCC1c2ccccc2-c2ccccc21)NC1(C(=O)O)CCN(Cc2ccccc2)CC1. The van der Waals surface area contributed by atoms with Crippen LogP contribution in [0.15, 0.2) is 78.9 Å². The Labute approximate surface area is 233 Å². The summed E-state index contributed by atoms with van der Waals surface area (Å²) in [4.78, 5) is 39.0. The molecule has 3 N–H and O–H groups in total. The molecule has 0 atom stereocenters. The first-order chi connectivity index (χ1) is 19.4. The van der Waals surface area contributed by atoms with Gasteiger partial charge in [0.15, 0.2) is 0 Å². The fourth-order valence-corrected chi connectivity index (χ4v) is 5.47. The van der Waals surface area contributed by atoms with E-state index in [0.717, 1.165) is 34.4 Å². The lowest BCUT2D eigenvalue weighted by Crippen LogP contribution is -2.59. The molecule has 2 aliphatic rings. The van der Waals surface area contributed by atoms with Crippen molar-refractivity contribution in [2.24, 2.45) is 0 Å². The Hall–Kier alpha value is -4.61. The van der Waals surface area contributed by atoms with Crippen LogP contribution in [0, 0.1) is 11.8 Å². The zero-order valence-corrected chi connectivity index (χ0v) is 22.1. The second kappa shape index (κ2) is 12.1. The largest absolute Gasteiger partial charge is 0.480 e. The lowest BCUT2D eigenvalue weighted by atomic mass is 9.87. The molecule has 0 bridgehead atoms. The fraction of sp³-hybridized carbons (Fsp3) is 0.281. The Bertz CT molecular complexity index is 1410. The zero-order valence-electron chi connectivity index (χ0n) is 22.1. The average molecular weight is 538 g/mol. The Kier molecular flexibility index (Phi) is 8.13. The van der Waals surface area contributed by atoms with Crippen LogP contribution in [0.3, 0.4) is 0 Å². The summed E-state index contributed by atoms with van der Waals surface area (Å²) in [6, 6.07) is 26.1. The number of nitrogens with one attached hydrogen (secondary N) is 2. The van der Waals surface area contributed by atoms with Crippen molar-refractivity contribution in [1.82, 2.24) is 15.5 Å². The molecule has 0 saturated carbocycles. The van der Waals surface area contributed by atoms with E-state index in [-0.39, 0.29) is 31.9 Å². The molecule has 0 unspecified atom stereocenters. The molecule has 3 aromatic rings. The van der Waals surface area contributed by atoms with Gasteiger partial charge in [-0.05, 0) is 46.6 Å². The number of rotatable bonds is 7. The first-order valence-electron chi connectivity index (χ1n) is 13.3. The number of alkyl carbamates (subject to hydrolysis) is 1. The van der Waals surface area contributed by atoms with Gasteiger partial charge in [-0.3, -0.25) is 9.69 Å². The molecular weight excluding hydrogens is 506 g/mol.